The molecule has 2 rings (SSSR count). The van der Waals surface area contributed by atoms with E-state index in [0.717, 1.165) is 17.6 Å². The normalized spacial score (nSPS) is 41.3. The topological polar surface area (TPSA) is 57.5 Å². The van der Waals surface area contributed by atoms with Crippen molar-refractivity contribution in [2.45, 2.75) is 52.7 Å². The molecule has 3 heteroatoms. The molecular weight excluding hydrogens is 228 g/mol. The summed E-state index contributed by atoms with van der Waals surface area (Å²) < 4.78 is 0. The van der Waals surface area contributed by atoms with Crippen LogP contribution in [-0.2, 0) is 4.79 Å². The van der Waals surface area contributed by atoms with Gasteiger partial charge in [-0.15, -0.1) is 0 Å². The van der Waals surface area contributed by atoms with Crippen molar-refractivity contribution in [2.24, 2.45) is 11.3 Å². The van der Waals surface area contributed by atoms with Gasteiger partial charge < -0.3 is 10.2 Å². The van der Waals surface area contributed by atoms with Gasteiger partial charge in [-0.25, -0.2) is 0 Å². The third-order valence-corrected chi connectivity index (χ3v) is 4.86. The second-order valence-electron chi connectivity index (χ2n) is 6.03. The zero-order valence-electron chi connectivity index (χ0n) is 11.5. The Morgan fingerprint density at radius 2 is 1.94 bits per heavy atom. The van der Waals surface area contributed by atoms with Crippen molar-refractivity contribution >= 4 is 5.78 Å². The Morgan fingerprint density at radius 3 is 2.56 bits per heavy atom. The highest BCUT2D eigenvalue weighted by Gasteiger charge is 2.49. The van der Waals surface area contributed by atoms with Gasteiger partial charge in [0, 0.05) is 5.41 Å². The Labute approximate surface area is 108 Å². The molecule has 0 aromatic rings. The molecule has 100 valence electrons. The molecule has 18 heavy (non-hydrogen) atoms. The van der Waals surface area contributed by atoms with Crippen LogP contribution in [0.4, 0.5) is 0 Å². The summed E-state index contributed by atoms with van der Waals surface area (Å²) in [7, 11) is 0. The summed E-state index contributed by atoms with van der Waals surface area (Å²) >= 11 is 0. The van der Waals surface area contributed by atoms with Crippen molar-refractivity contribution in [3.8, 4) is 0 Å². The minimum atomic E-state index is -0.947. The maximum Gasteiger partial charge on any atom is 0.187 e. The van der Waals surface area contributed by atoms with E-state index in [2.05, 4.69) is 6.08 Å². The van der Waals surface area contributed by atoms with Crippen LogP contribution in [0.1, 0.15) is 40.5 Å². The van der Waals surface area contributed by atoms with Gasteiger partial charge in [0.05, 0.1) is 6.10 Å². The van der Waals surface area contributed by atoms with Crippen LogP contribution in [0.15, 0.2) is 22.8 Å². The zero-order chi connectivity index (χ0) is 13.7. The van der Waals surface area contributed by atoms with Gasteiger partial charge in [-0.3, -0.25) is 4.79 Å². The lowest BCUT2D eigenvalue weighted by Crippen LogP contribution is -2.47. The highest BCUT2D eigenvalue weighted by Crippen LogP contribution is 2.50. The SMILES string of the molecule is CC1=CCC2(C)C(=C(C)C(=O)C(O)C2C)C(O)C1. The van der Waals surface area contributed by atoms with Gasteiger partial charge in [-0.05, 0) is 43.8 Å². The molecule has 0 aromatic heterocycles. The number of aliphatic hydroxyl groups excluding tert-OH is 2. The van der Waals surface area contributed by atoms with E-state index in [4.69, 9.17) is 0 Å². The Morgan fingerprint density at radius 1 is 1.33 bits per heavy atom. The van der Waals surface area contributed by atoms with E-state index < -0.39 is 12.2 Å². The molecule has 0 amide bonds. The van der Waals surface area contributed by atoms with Crippen LogP contribution in [-0.4, -0.2) is 28.2 Å². The lowest BCUT2D eigenvalue weighted by atomic mass is 9.61. The maximum atomic E-state index is 12.0. The smallest absolute Gasteiger partial charge is 0.187 e. The first-order valence-electron chi connectivity index (χ1n) is 6.56. The standard InChI is InChI=1S/C15H22O3/c1-8-5-6-15(4)10(3)14(18)13(17)9(2)12(15)11(16)7-8/h5,10-11,14,16,18H,6-7H2,1-4H3. The van der Waals surface area contributed by atoms with Crippen molar-refractivity contribution < 1.29 is 15.0 Å². The number of ketones is 1. The second-order valence-corrected chi connectivity index (χ2v) is 6.03. The molecule has 0 heterocycles. The van der Waals surface area contributed by atoms with E-state index in [1.165, 1.54) is 0 Å². The van der Waals surface area contributed by atoms with Crippen molar-refractivity contribution in [1.82, 2.24) is 0 Å². The van der Waals surface area contributed by atoms with Crippen LogP contribution in [0.25, 0.3) is 0 Å². The van der Waals surface area contributed by atoms with Crippen LogP contribution in [0, 0.1) is 11.3 Å². The van der Waals surface area contributed by atoms with E-state index in [-0.39, 0.29) is 17.1 Å². The van der Waals surface area contributed by atoms with Crippen molar-refractivity contribution in [2.75, 3.05) is 0 Å². The Balaban J connectivity index is 2.61. The van der Waals surface area contributed by atoms with E-state index in [1.807, 2.05) is 20.8 Å². The zero-order valence-corrected chi connectivity index (χ0v) is 11.5. The predicted molar refractivity (Wildman–Crippen MR) is 70.0 cm³/mol. The summed E-state index contributed by atoms with van der Waals surface area (Å²) in [6.07, 6.45) is 1.93. The number of fused-ring (bicyclic) bond motifs is 1. The summed E-state index contributed by atoms with van der Waals surface area (Å²) in [5.74, 6) is -0.394. The van der Waals surface area contributed by atoms with E-state index >= 15 is 0 Å². The summed E-state index contributed by atoms with van der Waals surface area (Å²) in [5.41, 5.74) is 2.21. The molecule has 0 aliphatic heterocycles. The lowest BCUT2D eigenvalue weighted by molar-refractivity contribution is -0.130. The molecule has 0 bridgehead atoms. The number of allylic oxidation sites excluding steroid dienone is 1. The van der Waals surface area contributed by atoms with Gasteiger partial charge >= 0.3 is 0 Å². The molecule has 0 spiro atoms. The number of carbonyl (C=O) groups excluding carboxylic acids is 1. The maximum absolute atomic E-state index is 12.0. The summed E-state index contributed by atoms with van der Waals surface area (Å²) in [4.78, 5) is 12.0. The number of hydrogen-bond acceptors (Lipinski definition) is 3. The van der Waals surface area contributed by atoms with Crippen LogP contribution in [0.2, 0.25) is 0 Å². The molecular formula is C15H22O3. The minimum absolute atomic E-state index is 0.166. The van der Waals surface area contributed by atoms with Gasteiger partial charge in [0.2, 0.25) is 0 Å². The number of hydrogen-bond donors (Lipinski definition) is 2. The van der Waals surface area contributed by atoms with Gasteiger partial charge in [0.15, 0.2) is 5.78 Å². The first kappa shape index (κ1) is 13.5. The number of carbonyl (C=O) groups is 1. The average Bonchev–Trinajstić information content (AvgIpc) is 2.42. The third-order valence-electron chi connectivity index (χ3n) is 4.86. The highest BCUT2D eigenvalue weighted by atomic mass is 16.3. The molecule has 0 fully saturated rings. The predicted octanol–water partition coefficient (Wildman–Crippen LogP) is 1.99. The molecule has 0 radical (unpaired) electrons. The molecule has 3 nitrogen and oxygen atoms in total. The molecule has 2 aliphatic rings. The molecule has 4 unspecified atom stereocenters. The Hall–Kier alpha value is -0.930. The molecule has 0 aromatic carbocycles. The molecule has 0 saturated carbocycles. The Bertz CT molecular complexity index is 447. The minimum Gasteiger partial charge on any atom is -0.388 e. The average molecular weight is 250 g/mol. The first-order chi connectivity index (χ1) is 8.29. The van der Waals surface area contributed by atoms with Crippen LogP contribution in [0.5, 0.6) is 0 Å². The van der Waals surface area contributed by atoms with Gasteiger partial charge in [-0.2, -0.15) is 0 Å². The molecule has 0 saturated heterocycles. The van der Waals surface area contributed by atoms with Crippen molar-refractivity contribution in [1.29, 1.82) is 0 Å². The summed E-state index contributed by atoms with van der Waals surface area (Å²) in [6, 6.07) is 0. The van der Waals surface area contributed by atoms with Gasteiger partial charge in [-0.1, -0.05) is 25.5 Å². The first-order valence-corrected chi connectivity index (χ1v) is 6.56. The summed E-state index contributed by atoms with van der Waals surface area (Å²) in [5, 5.41) is 20.5. The number of aliphatic hydroxyl groups is 2. The number of Topliss-reactive ketones (excluding diaryl/α,β-unsaturated/α-hetero) is 1. The molecule has 2 aliphatic carbocycles. The molecule has 4 atom stereocenters. The van der Waals surface area contributed by atoms with Crippen LogP contribution in [0.3, 0.4) is 0 Å². The fraction of sp³-hybridized carbons (Fsp3) is 0.667. The largest absolute Gasteiger partial charge is 0.388 e. The van der Waals surface area contributed by atoms with Gasteiger partial charge in [0.25, 0.3) is 0 Å². The van der Waals surface area contributed by atoms with Crippen molar-refractivity contribution in [3.63, 3.8) is 0 Å². The van der Waals surface area contributed by atoms with E-state index in [1.54, 1.807) is 6.92 Å². The highest BCUT2D eigenvalue weighted by molar-refractivity contribution is 6.00. The van der Waals surface area contributed by atoms with E-state index in [0.29, 0.717) is 12.0 Å². The lowest BCUT2D eigenvalue weighted by Gasteiger charge is -2.44. The second kappa shape index (κ2) is 4.32. The summed E-state index contributed by atoms with van der Waals surface area (Å²) in [6.45, 7) is 7.68. The van der Waals surface area contributed by atoms with Crippen LogP contribution < -0.4 is 0 Å². The number of rotatable bonds is 0. The monoisotopic (exact) mass is 250 g/mol. The van der Waals surface area contributed by atoms with Crippen LogP contribution >= 0.6 is 0 Å². The Kier molecular flexibility index (Phi) is 3.24. The quantitative estimate of drug-likeness (QED) is 0.646. The fourth-order valence-electron chi connectivity index (χ4n) is 3.41. The fourth-order valence-corrected chi connectivity index (χ4v) is 3.41. The third kappa shape index (κ3) is 1.77. The molecule has 2 N–H and O–H groups in total. The van der Waals surface area contributed by atoms with Crippen molar-refractivity contribution in [3.05, 3.63) is 22.8 Å². The van der Waals surface area contributed by atoms with Gasteiger partial charge in [0.1, 0.15) is 6.10 Å². The van der Waals surface area contributed by atoms with E-state index in [9.17, 15) is 15.0 Å².